The van der Waals surface area contributed by atoms with Gasteiger partial charge in [0.1, 0.15) is 0 Å². The Morgan fingerprint density at radius 2 is 1.95 bits per heavy atom. The van der Waals surface area contributed by atoms with Crippen molar-refractivity contribution in [1.82, 2.24) is 15.1 Å². The number of carbonyl (C=O) groups is 1. The van der Waals surface area contributed by atoms with Crippen molar-refractivity contribution in [3.05, 3.63) is 0 Å². The molecule has 1 heterocycles. The summed E-state index contributed by atoms with van der Waals surface area (Å²) in [6, 6.07) is 0.645. The molecule has 0 unspecified atom stereocenters. The van der Waals surface area contributed by atoms with Crippen molar-refractivity contribution in [2.75, 3.05) is 40.3 Å². The van der Waals surface area contributed by atoms with Gasteiger partial charge in [0.05, 0.1) is 0 Å². The van der Waals surface area contributed by atoms with Crippen molar-refractivity contribution < 1.29 is 9.90 Å². The molecule has 0 radical (unpaired) electrons. The SMILES string of the molecule is CN(C)C(=O)N1CCC(NCCCC(C)(C)CO)CC1. The lowest BCUT2D eigenvalue weighted by Gasteiger charge is -2.34. The van der Waals surface area contributed by atoms with Gasteiger partial charge in [0.15, 0.2) is 0 Å². The Morgan fingerprint density at radius 3 is 2.45 bits per heavy atom. The van der Waals surface area contributed by atoms with Crippen LogP contribution in [0.3, 0.4) is 0 Å². The Labute approximate surface area is 123 Å². The molecular formula is C15H31N3O2. The highest BCUT2D eigenvalue weighted by Gasteiger charge is 2.23. The molecule has 0 aliphatic carbocycles. The Hall–Kier alpha value is -0.810. The number of carbonyl (C=O) groups excluding carboxylic acids is 1. The second kappa shape index (κ2) is 7.84. The van der Waals surface area contributed by atoms with Crippen molar-refractivity contribution >= 4 is 6.03 Å². The number of aliphatic hydroxyl groups excluding tert-OH is 1. The largest absolute Gasteiger partial charge is 0.396 e. The van der Waals surface area contributed by atoms with E-state index in [0.717, 1.165) is 45.3 Å². The predicted molar refractivity (Wildman–Crippen MR) is 81.8 cm³/mol. The number of hydrogen-bond donors (Lipinski definition) is 2. The number of urea groups is 1. The maximum absolute atomic E-state index is 11.8. The van der Waals surface area contributed by atoms with Crippen LogP contribution in [0.4, 0.5) is 4.79 Å². The van der Waals surface area contributed by atoms with Gasteiger partial charge in [-0.05, 0) is 37.6 Å². The molecule has 0 bridgehead atoms. The number of piperidine rings is 1. The normalized spacial score (nSPS) is 17.4. The van der Waals surface area contributed by atoms with E-state index in [9.17, 15) is 9.90 Å². The number of nitrogens with one attached hydrogen (secondary N) is 1. The number of likely N-dealkylation sites (tertiary alicyclic amines) is 1. The number of rotatable bonds is 6. The third kappa shape index (κ3) is 5.67. The molecule has 20 heavy (non-hydrogen) atoms. The van der Waals surface area contributed by atoms with Crippen LogP contribution in [0.5, 0.6) is 0 Å². The minimum absolute atomic E-state index is 0.0309. The maximum atomic E-state index is 11.8. The maximum Gasteiger partial charge on any atom is 0.319 e. The fourth-order valence-corrected chi connectivity index (χ4v) is 2.51. The van der Waals surface area contributed by atoms with Gasteiger partial charge < -0.3 is 20.2 Å². The molecule has 1 rings (SSSR count). The molecule has 1 fully saturated rings. The number of amides is 2. The topological polar surface area (TPSA) is 55.8 Å². The average Bonchev–Trinajstić information content (AvgIpc) is 2.43. The second-order valence-corrected chi connectivity index (χ2v) is 6.82. The molecule has 0 aromatic heterocycles. The Bertz CT molecular complexity index is 297. The predicted octanol–water partition coefficient (Wildman–Crippen LogP) is 1.52. The van der Waals surface area contributed by atoms with Crippen molar-refractivity contribution in [3.8, 4) is 0 Å². The van der Waals surface area contributed by atoms with Crippen LogP contribution >= 0.6 is 0 Å². The van der Waals surface area contributed by atoms with Crippen LogP contribution in [0.25, 0.3) is 0 Å². The summed E-state index contributed by atoms with van der Waals surface area (Å²) in [5, 5.41) is 12.8. The van der Waals surface area contributed by atoms with Crippen LogP contribution in [0, 0.1) is 5.41 Å². The molecular weight excluding hydrogens is 254 g/mol. The lowest BCUT2D eigenvalue weighted by Crippen LogP contribution is -2.48. The second-order valence-electron chi connectivity index (χ2n) is 6.82. The molecule has 1 aliphatic rings. The lowest BCUT2D eigenvalue weighted by molar-refractivity contribution is 0.144. The van der Waals surface area contributed by atoms with E-state index >= 15 is 0 Å². The highest BCUT2D eigenvalue weighted by atomic mass is 16.3. The monoisotopic (exact) mass is 285 g/mol. The van der Waals surface area contributed by atoms with Gasteiger partial charge in [-0.15, -0.1) is 0 Å². The molecule has 0 atom stereocenters. The first kappa shape index (κ1) is 17.2. The summed E-state index contributed by atoms with van der Waals surface area (Å²) >= 11 is 0. The van der Waals surface area contributed by atoms with E-state index in [-0.39, 0.29) is 18.1 Å². The molecule has 5 heteroatoms. The molecule has 1 saturated heterocycles. The molecule has 2 N–H and O–H groups in total. The first-order valence-corrected chi connectivity index (χ1v) is 7.66. The van der Waals surface area contributed by atoms with Crippen molar-refractivity contribution in [2.24, 2.45) is 5.41 Å². The molecule has 0 aromatic carbocycles. The molecule has 0 aromatic rings. The smallest absolute Gasteiger partial charge is 0.319 e. The summed E-state index contributed by atoms with van der Waals surface area (Å²) in [6.45, 7) is 7.12. The Balaban J connectivity index is 2.15. The van der Waals surface area contributed by atoms with Crippen molar-refractivity contribution in [3.63, 3.8) is 0 Å². The fourth-order valence-electron chi connectivity index (χ4n) is 2.51. The number of nitrogens with zero attached hydrogens (tertiary/aromatic N) is 2. The minimum Gasteiger partial charge on any atom is -0.396 e. The van der Waals surface area contributed by atoms with E-state index in [1.54, 1.807) is 19.0 Å². The number of hydrogen-bond acceptors (Lipinski definition) is 3. The zero-order valence-corrected chi connectivity index (χ0v) is 13.5. The van der Waals surface area contributed by atoms with Gasteiger partial charge in [0.25, 0.3) is 0 Å². The van der Waals surface area contributed by atoms with Gasteiger partial charge in [0.2, 0.25) is 0 Å². The first-order valence-electron chi connectivity index (χ1n) is 7.66. The fraction of sp³-hybridized carbons (Fsp3) is 0.933. The van der Waals surface area contributed by atoms with Gasteiger partial charge in [-0.2, -0.15) is 0 Å². The van der Waals surface area contributed by atoms with E-state index in [4.69, 9.17) is 0 Å². The average molecular weight is 285 g/mol. The van der Waals surface area contributed by atoms with Crippen LogP contribution in [-0.4, -0.2) is 67.3 Å². The Kier molecular flexibility index (Phi) is 6.76. The quantitative estimate of drug-likeness (QED) is 0.728. The summed E-state index contributed by atoms with van der Waals surface area (Å²) in [7, 11) is 3.60. The molecule has 2 amide bonds. The van der Waals surface area contributed by atoms with Gasteiger partial charge in [-0.25, -0.2) is 4.79 Å². The van der Waals surface area contributed by atoms with Crippen molar-refractivity contribution in [1.29, 1.82) is 0 Å². The summed E-state index contributed by atoms with van der Waals surface area (Å²) < 4.78 is 0. The van der Waals surface area contributed by atoms with Gasteiger partial charge in [0, 0.05) is 39.8 Å². The van der Waals surface area contributed by atoms with E-state index in [1.807, 2.05) is 4.90 Å². The third-order valence-corrected chi connectivity index (χ3v) is 4.04. The lowest BCUT2D eigenvalue weighted by atomic mass is 9.89. The minimum atomic E-state index is 0.0309. The summed E-state index contributed by atoms with van der Waals surface area (Å²) in [5.41, 5.74) is 0.0309. The van der Waals surface area contributed by atoms with Gasteiger partial charge in [-0.3, -0.25) is 0 Å². The molecule has 5 nitrogen and oxygen atoms in total. The van der Waals surface area contributed by atoms with Crippen LogP contribution < -0.4 is 5.32 Å². The highest BCUT2D eigenvalue weighted by molar-refractivity contribution is 5.73. The first-order chi connectivity index (χ1) is 9.35. The van der Waals surface area contributed by atoms with Crippen LogP contribution in [0.15, 0.2) is 0 Å². The molecule has 0 saturated carbocycles. The van der Waals surface area contributed by atoms with Crippen molar-refractivity contribution in [2.45, 2.75) is 45.6 Å². The molecule has 0 spiro atoms. The standard InChI is InChI=1S/C15H31N3O2/c1-15(2,12-19)8-5-9-16-13-6-10-18(11-7-13)14(20)17(3)4/h13,16,19H,5-12H2,1-4H3. The Morgan fingerprint density at radius 1 is 1.35 bits per heavy atom. The van der Waals surface area contributed by atoms with E-state index in [0.29, 0.717) is 6.04 Å². The van der Waals surface area contributed by atoms with E-state index < -0.39 is 0 Å². The number of aliphatic hydroxyl groups is 1. The zero-order chi connectivity index (χ0) is 15.2. The van der Waals surface area contributed by atoms with Crippen LogP contribution in [0.2, 0.25) is 0 Å². The van der Waals surface area contributed by atoms with Gasteiger partial charge >= 0.3 is 6.03 Å². The molecule has 118 valence electrons. The third-order valence-electron chi connectivity index (χ3n) is 4.04. The molecule has 1 aliphatic heterocycles. The summed E-state index contributed by atoms with van der Waals surface area (Å²) in [5.74, 6) is 0. The highest BCUT2D eigenvalue weighted by Crippen LogP contribution is 2.20. The zero-order valence-electron chi connectivity index (χ0n) is 13.5. The van der Waals surface area contributed by atoms with E-state index in [2.05, 4.69) is 19.2 Å². The summed E-state index contributed by atoms with van der Waals surface area (Å²) in [6.07, 6.45) is 4.19. The van der Waals surface area contributed by atoms with Crippen LogP contribution in [0.1, 0.15) is 39.5 Å². The van der Waals surface area contributed by atoms with E-state index in [1.165, 1.54) is 0 Å². The van der Waals surface area contributed by atoms with Crippen LogP contribution in [-0.2, 0) is 0 Å². The van der Waals surface area contributed by atoms with Gasteiger partial charge in [-0.1, -0.05) is 13.8 Å². The summed E-state index contributed by atoms with van der Waals surface area (Å²) in [4.78, 5) is 15.4.